The van der Waals surface area contributed by atoms with E-state index in [4.69, 9.17) is 0 Å². The lowest BCUT2D eigenvalue weighted by atomic mass is 9.47. The zero-order valence-corrected chi connectivity index (χ0v) is 22.0. The van der Waals surface area contributed by atoms with Crippen molar-refractivity contribution in [1.82, 2.24) is 0 Å². The minimum absolute atomic E-state index is 0.533. The number of hydrogen-bond acceptors (Lipinski definition) is 0. The van der Waals surface area contributed by atoms with Crippen LogP contribution < -0.4 is 0 Å². The Hall–Kier alpha value is -1.56. The molecular formula is C32H48. The molecule has 4 aliphatic rings. The van der Waals surface area contributed by atoms with E-state index in [1.54, 1.807) is 11.6 Å². The molecule has 2 saturated carbocycles. The molecule has 0 nitrogen and oxygen atoms in total. The first-order chi connectivity index (χ1) is 15.2. The fraction of sp³-hybridized carbons (Fsp3) is 0.625. The average Bonchev–Trinajstić information content (AvgIpc) is 3.07. The molecule has 6 atom stereocenters. The molecular weight excluding hydrogens is 384 g/mol. The largest absolute Gasteiger partial charge is 0.103 e. The van der Waals surface area contributed by atoms with Crippen molar-refractivity contribution in [3.05, 3.63) is 71.3 Å². The summed E-state index contributed by atoms with van der Waals surface area (Å²) in [6.45, 7) is 19.5. The fourth-order valence-electron chi connectivity index (χ4n) is 7.29. The van der Waals surface area contributed by atoms with Gasteiger partial charge in [0.1, 0.15) is 0 Å². The fourth-order valence-corrected chi connectivity index (χ4v) is 7.29. The smallest absolute Gasteiger partial charge is 0.00850 e. The first-order valence-corrected chi connectivity index (χ1v) is 13.1. The topological polar surface area (TPSA) is 0 Å². The predicted octanol–water partition coefficient (Wildman–Crippen LogP) is 9.64. The van der Waals surface area contributed by atoms with Crippen LogP contribution in [0.4, 0.5) is 0 Å². The molecule has 1 aromatic rings. The van der Waals surface area contributed by atoms with E-state index in [0.29, 0.717) is 10.8 Å². The third-order valence-corrected chi connectivity index (χ3v) is 9.74. The van der Waals surface area contributed by atoms with Gasteiger partial charge in [-0.1, -0.05) is 74.4 Å². The van der Waals surface area contributed by atoms with Crippen LogP contribution in [0.15, 0.2) is 60.2 Å². The number of fused-ring (bicyclic) bond motifs is 5. The van der Waals surface area contributed by atoms with Crippen molar-refractivity contribution < 1.29 is 0 Å². The molecule has 5 rings (SSSR count). The molecule has 1 aromatic carbocycles. The van der Waals surface area contributed by atoms with Gasteiger partial charge in [-0.25, -0.2) is 0 Å². The molecule has 2 fully saturated rings. The maximum atomic E-state index is 3.36. The normalized spacial score (nSPS) is 37.1. The minimum Gasteiger partial charge on any atom is -0.103 e. The molecule has 6 unspecified atom stereocenters. The van der Waals surface area contributed by atoms with Gasteiger partial charge < -0.3 is 0 Å². The number of allylic oxidation sites excluding steroid dienone is 5. The molecule has 0 heteroatoms. The molecule has 0 N–H and O–H groups in total. The standard InChI is InChI=1S/C21H32.C8H10.C3H6/c1-14-9-11-21(4)16(13-14)6-7-17-18-8-5-15(2)20(18,3)12-10-19(17)21;1-7-5-3-4-6-8(7)2;1-3-2/h5-6,14,17-19H,7-13H2,1-4H3;3-6H,1-2H3;3H,1H2,2H3. The Bertz CT molecular complexity index is 834. The van der Waals surface area contributed by atoms with Crippen LogP contribution in [0.1, 0.15) is 90.7 Å². The molecule has 32 heavy (non-hydrogen) atoms. The maximum Gasteiger partial charge on any atom is -0.00850 e. The molecule has 0 aliphatic heterocycles. The lowest BCUT2D eigenvalue weighted by Crippen LogP contribution is -2.49. The van der Waals surface area contributed by atoms with Gasteiger partial charge >= 0.3 is 0 Å². The summed E-state index contributed by atoms with van der Waals surface area (Å²) in [5.41, 5.74) is 7.36. The van der Waals surface area contributed by atoms with Gasteiger partial charge in [0, 0.05) is 0 Å². The van der Waals surface area contributed by atoms with Crippen LogP contribution in [0.2, 0.25) is 0 Å². The van der Waals surface area contributed by atoms with E-state index < -0.39 is 0 Å². The summed E-state index contributed by atoms with van der Waals surface area (Å²) in [7, 11) is 0. The summed E-state index contributed by atoms with van der Waals surface area (Å²) < 4.78 is 0. The zero-order valence-electron chi connectivity index (χ0n) is 22.0. The minimum atomic E-state index is 0.533. The average molecular weight is 433 g/mol. The van der Waals surface area contributed by atoms with E-state index in [1.807, 2.05) is 12.5 Å². The van der Waals surface area contributed by atoms with Crippen molar-refractivity contribution in [2.75, 3.05) is 0 Å². The van der Waals surface area contributed by atoms with Crippen molar-refractivity contribution in [3.63, 3.8) is 0 Å². The van der Waals surface area contributed by atoms with E-state index in [9.17, 15) is 0 Å². The highest BCUT2D eigenvalue weighted by Crippen LogP contribution is 2.65. The quantitative estimate of drug-likeness (QED) is 0.358. The Kier molecular flexibility index (Phi) is 7.95. The van der Waals surface area contributed by atoms with Crippen LogP contribution in [0, 0.1) is 48.3 Å². The van der Waals surface area contributed by atoms with Crippen molar-refractivity contribution in [1.29, 1.82) is 0 Å². The van der Waals surface area contributed by atoms with Gasteiger partial charge in [-0.2, -0.15) is 0 Å². The molecule has 4 aliphatic carbocycles. The molecule has 0 bridgehead atoms. The third kappa shape index (κ3) is 4.71. The number of benzene rings is 1. The van der Waals surface area contributed by atoms with Crippen molar-refractivity contribution in [3.8, 4) is 0 Å². The van der Waals surface area contributed by atoms with E-state index in [0.717, 1.165) is 23.7 Å². The highest BCUT2D eigenvalue weighted by molar-refractivity contribution is 5.29. The Morgan fingerprint density at radius 1 is 0.875 bits per heavy atom. The molecule has 0 amide bonds. The summed E-state index contributed by atoms with van der Waals surface area (Å²) in [5.74, 6) is 3.79. The maximum absolute atomic E-state index is 3.36. The lowest BCUT2D eigenvalue weighted by Gasteiger charge is -2.57. The van der Waals surface area contributed by atoms with E-state index in [2.05, 4.69) is 84.5 Å². The zero-order chi connectivity index (χ0) is 23.5. The first-order valence-electron chi connectivity index (χ1n) is 13.1. The second-order valence-corrected chi connectivity index (χ2v) is 11.7. The van der Waals surface area contributed by atoms with Crippen LogP contribution in [-0.4, -0.2) is 0 Å². The first kappa shape index (κ1) is 25.1. The van der Waals surface area contributed by atoms with Crippen LogP contribution in [0.3, 0.4) is 0 Å². The van der Waals surface area contributed by atoms with Crippen molar-refractivity contribution in [2.24, 2.45) is 34.5 Å². The van der Waals surface area contributed by atoms with Gasteiger partial charge in [0.2, 0.25) is 0 Å². The van der Waals surface area contributed by atoms with Gasteiger partial charge in [-0.05, 0) is 118 Å². The highest BCUT2D eigenvalue weighted by atomic mass is 14.6. The number of hydrogen-bond donors (Lipinski definition) is 0. The summed E-state index contributed by atoms with van der Waals surface area (Å²) in [5, 5.41) is 0. The molecule has 0 radical (unpaired) electrons. The van der Waals surface area contributed by atoms with Crippen LogP contribution >= 0.6 is 0 Å². The molecule has 0 aromatic heterocycles. The van der Waals surface area contributed by atoms with Gasteiger partial charge in [-0.15, -0.1) is 6.58 Å². The molecule has 176 valence electrons. The monoisotopic (exact) mass is 432 g/mol. The lowest BCUT2D eigenvalue weighted by molar-refractivity contribution is -0.0202. The third-order valence-electron chi connectivity index (χ3n) is 9.74. The Morgan fingerprint density at radius 2 is 1.47 bits per heavy atom. The van der Waals surface area contributed by atoms with Crippen LogP contribution in [-0.2, 0) is 0 Å². The van der Waals surface area contributed by atoms with Crippen molar-refractivity contribution >= 4 is 0 Å². The number of rotatable bonds is 0. The summed E-state index contributed by atoms with van der Waals surface area (Å²) in [6, 6.07) is 8.36. The van der Waals surface area contributed by atoms with Gasteiger partial charge in [0.15, 0.2) is 0 Å². The Labute approximate surface area is 199 Å². The molecule has 0 spiro atoms. The Morgan fingerprint density at radius 3 is 2.06 bits per heavy atom. The van der Waals surface area contributed by atoms with E-state index in [1.165, 1.54) is 56.1 Å². The van der Waals surface area contributed by atoms with Gasteiger partial charge in [0.25, 0.3) is 0 Å². The molecule has 0 saturated heterocycles. The Balaban J connectivity index is 0.000000220. The second-order valence-electron chi connectivity index (χ2n) is 11.7. The van der Waals surface area contributed by atoms with E-state index >= 15 is 0 Å². The van der Waals surface area contributed by atoms with Crippen LogP contribution in [0.5, 0.6) is 0 Å². The summed E-state index contributed by atoms with van der Waals surface area (Å²) in [6.07, 6.45) is 17.0. The predicted molar refractivity (Wildman–Crippen MR) is 142 cm³/mol. The second kappa shape index (κ2) is 10.1. The van der Waals surface area contributed by atoms with Gasteiger partial charge in [0.05, 0.1) is 0 Å². The highest BCUT2D eigenvalue weighted by Gasteiger charge is 2.55. The number of aryl methyl sites for hydroxylation is 2. The summed E-state index contributed by atoms with van der Waals surface area (Å²) >= 11 is 0. The van der Waals surface area contributed by atoms with E-state index in [-0.39, 0.29) is 0 Å². The summed E-state index contributed by atoms with van der Waals surface area (Å²) in [4.78, 5) is 0. The van der Waals surface area contributed by atoms with Crippen LogP contribution in [0.25, 0.3) is 0 Å². The molecule has 0 heterocycles. The SMILES string of the molecule is C=CC.CC1=CCC2C3CC=C4CC(C)CCC4(C)C3CCC12C.Cc1ccccc1C. The van der Waals surface area contributed by atoms with Gasteiger partial charge in [-0.3, -0.25) is 0 Å². The van der Waals surface area contributed by atoms with Crippen molar-refractivity contribution in [2.45, 2.75) is 93.4 Å².